The number of hydrogen-bond donors (Lipinski definition) is 0. The number of aromatic nitrogens is 2. The molecule has 11 nitrogen and oxygen atoms in total. The van der Waals surface area contributed by atoms with E-state index in [2.05, 4.69) is 5.10 Å². The van der Waals surface area contributed by atoms with Crippen molar-refractivity contribution in [1.29, 1.82) is 0 Å². The van der Waals surface area contributed by atoms with Crippen LogP contribution < -0.4 is 19.8 Å². The summed E-state index contributed by atoms with van der Waals surface area (Å²) in [6.45, 7) is 3.30. The smallest absolute Gasteiger partial charge is 0.409 e. The summed E-state index contributed by atoms with van der Waals surface area (Å²) < 4.78 is 22.2. The molecule has 0 atom stereocenters. The molecule has 0 aliphatic carbocycles. The topological polar surface area (TPSA) is 112 Å². The van der Waals surface area contributed by atoms with Crippen molar-refractivity contribution < 1.29 is 28.5 Å². The Labute approximate surface area is 191 Å². The molecule has 2 heterocycles. The average Bonchev–Trinajstić information content (AvgIpc) is 2.84. The lowest BCUT2D eigenvalue weighted by Gasteiger charge is -2.34. The zero-order valence-corrected chi connectivity index (χ0v) is 19.2. The van der Waals surface area contributed by atoms with Gasteiger partial charge in [0.15, 0.2) is 11.5 Å². The van der Waals surface area contributed by atoms with E-state index in [0.717, 1.165) is 4.68 Å². The number of hydrogen-bond acceptors (Lipinski definition) is 8. The van der Waals surface area contributed by atoms with Crippen molar-refractivity contribution in [3.8, 4) is 28.5 Å². The minimum absolute atomic E-state index is 0.212. The molecule has 0 N–H and O–H groups in total. The number of carbonyl (C=O) groups excluding carboxylic acids is 2. The summed E-state index contributed by atoms with van der Waals surface area (Å²) >= 11 is 0. The maximum atomic E-state index is 12.8. The van der Waals surface area contributed by atoms with Crippen LogP contribution in [0.15, 0.2) is 29.1 Å². The van der Waals surface area contributed by atoms with Crippen molar-refractivity contribution in [2.24, 2.45) is 0 Å². The molecule has 178 valence electrons. The minimum Gasteiger partial charge on any atom is -0.493 e. The lowest BCUT2D eigenvalue weighted by molar-refractivity contribution is -0.133. The lowest BCUT2D eigenvalue weighted by atomic mass is 10.1. The van der Waals surface area contributed by atoms with Crippen LogP contribution in [0.2, 0.25) is 0 Å². The van der Waals surface area contributed by atoms with Crippen LogP contribution in [0.5, 0.6) is 17.2 Å². The molecule has 11 heteroatoms. The van der Waals surface area contributed by atoms with Crippen LogP contribution in [0.25, 0.3) is 11.3 Å². The fourth-order valence-corrected chi connectivity index (χ4v) is 3.53. The molecule has 1 aromatic carbocycles. The molecule has 1 aliphatic rings. The Morgan fingerprint density at radius 2 is 1.55 bits per heavy atom. The fourth-order valence-electron chi connectivity index (χ4n) is 3.53. The minimum atomic E-state index is -0.398. The summed E-state index contributed by atoms with van der Waals surface area (Å²) in [6.07, 6.45) is -0.388. The SMILES string of the molecule is CCOC(=O)N1CCN(C(=O)Cn2nc(-c3cc(OC)c(OC)c(OC)c3)ccc2=O)CC1. The van der Waals surface area contributed by atoms with E-state index >= 15 is 0 Å². The number of rotatable bonds is 7. The van der Waals surface area contributed by atoms with Gasteiger partial charge in [0.25, 0.3) is 5.56 Å². The average molecular weight is 460 g/mol. The van der Waals surface area contributed by atoms with Gasteiger partial charge in [-0.2, -0.15) is 5.10 Å². The molecule has 0 saturated carbocycles. The summed E-state index contributed by atoms with van der Waals surface area (Å²) in [7, 11) is 4.53. The monoisotopic (exact) mass is 460 g/mol. The quantitative estimate of drug-likeness (QED) is 0.607. The number of methoxy groups -OCH3 is 3. The summed E-state index contributed by atoms with van der Waals surface area (Å²) in [4.78, 5) is 40.2. The highest BCUT2D eigenvalue weighted by atomic mass is 16.6. The van der Waals surface area contributed by atoms with Crippen molar-refractivity contribution in [1.82, 2.24) is 19.6 Å². The van der Waals surface area contributed by atoms with Crippen LogP contribution in [0.4, 0.5) is 4.79 Å². The maximum Gasteiger partial charge on any atom is 0.409 e. The Morgan fingerprint density at radius 1 is 0.939 bits per heavy atom. The van der Waals surface area contributed by atoms with Gasteiger partial charge in [-0.1, -0.05) is 0 Å². The largest absolute Gasteiger partial charge is 0.493 e. The highest BCUT2D eigenvalue weighted by molar-refractivity contribution is 5.76. The van der Waals surface area contributed by atoms with Crippen molar-refractivity contribution in [3.63, 3.8) is 0 Å². The van der Waals surface area contributed by atoms with Crippen LogP contribution in [0.1, 0.15) is 6.92 Å². The van der Waals surface area contributed by atoms with Gasteiger partial charge in [-0.3, -0.25) is 9.59 Å². The summed E-state index contributed by atoms with van der Waals surface area (Å²) in [6, 6.07) is 6.36. The molecular formula is C22H28N4O7. The van der Waals surface area contributed by atoms with Gasteiger partial charge < -0.3 is 28.7 Å². The third kappa shape index (κ3) is 5.36. The number of amides is 2. The van der Waals surface area contributed by atoms with E-state index in [1.807, 2.05) is 0 Å². The van der Waals surface area contributed by atoms with Crippen molar-refractivity contribution in [3.05, 3.63) is 34.6 Å². The molecule has 0 spiro atoms. The van der Waals surface area contributed by atoms with E-state index in [4.69, 9.17) is 18.9 Å². The summed E-state index contributed by atoms with van der Waals surface area (Å²) in [5, 5.41) is 4.37. The van der Waals surface area contributed by atoms with E-state index in [-0.39, 0.29) is 18.5 Å². The summed E-state index contributed by atoms with van der Waals surface area (Å²) in [5.41, 5.74) is 0.701. The molecule has 2 aromatic rings. The molecule has 1 aliphatic heterocycles. The number of piperazine rings is 1. The zero-order chi connectivity index (χ0) is 24.0. The van der Waals surface area contributed by atoms with Gasteiger partial charge in [0.2, 0.25) is 11.7 Å². The molecule has 33 heavy (non-hydrogen) atoms. The standard InChI is InChI=1S/C22H28N4O7/c1-5-33-22(29)25-10-8-24(9-11-25)20(28)14-26-19(27)7-6-16(23-26)15-12-17(30-2)21(32-4)18(13-15)31-3/h6-7,12-13H,5,8-11,14H2,1-4H3. The second-order valence-electron chi connectivity index (χ2n) is 7.20. The molecular weight excluding hydrogens is 432 g/mol. The van der Waals surface area contributed by atoms with Gasteiger partial charge in [0, 0.05) is 37.8 Å². The maximum absolute atomic E-state index is 12.8. The Kier molecular flexibility index (Phi) is 7.75. The third-order valence-electron chi connectivity index (χ3n) is 5.27. The Hall–Kier alpha value is -3.76. The number of benzene rings is 1. The van der Waals surface area contributed by atoms with Crippen molar-refractivity contribution in [2.45, 2.75) is 13.5 Å². The fraction of sp³-hybridized carbons (Fsp3) is 0.455. The molecule has 0 bridgehead atoms. The second kappa shape index (κ2) is 10.7. The van der Waals surface area contributed by atoms with Gasteiger partial charge in [-0.05, 0) is 25.1 Å². The summed E-state index contributed by atoms with van der Waals surface area (Å²) in [5.74, 6) is 1.08. The molecule has 0 unspecified atom stereocenters. The molecule has 0 radical (unpaired) electrons. The van der Waals surface area contributed by atoms with Crippen molar-refractivity contribution in [2.75, 3.05) is 54.1 Å². The second-order valence-corrected chi connectivity index (χ2v) is 7.20. The van der Waals surface area contributed by atoms with E-state index < -0.39 is 5.56 Å². The van der Waals surface area contributed by atoms with Gasteiger partial charge in [0.1, 0.15) is 6.54 Å². The van der Waals surface area contributed by atoms with Gasteiger partial charge >= 0.3 is 6.09 Å². The predicted molar refractivity (Wildman–Crippen MR) is 119 cm³/mol. The molecule has 1 aromatic heterocycles. The van der Waals surface area contributed by atoms with Crippen LogP contribution >= 0.6 is 0 Å². The first-order chi connectivity index (χ1) is 15.9. The Morgan fingerprint density at radius 3 is 2.09 bits per heavy atom. The van der Waals surface area contributed by atoms with Gasteiger partial charge in [0.05, 0.1) is 33.6 Å². The highest BCUT2D eigenvalue weighted by Gasteiger charge is 2.25. The molecule has 1 saturated heterocycles. The van der Waals surface area contributed by atoms with Gasteiger partial charge in [-0.25, -0.2) is 9.48 Å². The predicted octanol–water partition coefficient (Wildman–Crippen LogP) is 1.24. The number of ether oxygens (including phenoxy) is 4. The third-order valence-corrected chi connectivity index (χ3v) is 5.27. The van der Waals surface area contributed by atoms with E-state index in [1.54, 1.807) is 34.9 Å². The van der Waals surface area contributed by atoms with E-state index in [0.29, 0.717) is 61.3 Å². The number of nitrogens with zero attached hydrogens (tertiary/aromatic N) is 4. The lowest BCUT2D eigenvalue weighted by Crippen LogP contribution is -2.51. The zero-order valence-electron chi connectivity index (χ0n) is 19.2. The molecule has 2 amide bonds. The molecule has 1 fully saturated rings. The normalized spacial score (nSPS) is 13.5. The van der Waals surface area contributed by atoms with E-state index in [9.17, 15) is 14.4 Å². The van der Waals surface area contributed by atoms with Crippen LogP contribution in [0, 0.1) is 0 Å². The first-order valence-corrected chi connectivity index (χ1v) is 10.5. The highest BCUT2D eigenvalue weighted by Crippen LogP contribution is 2.40. The molecule has 3 rings (SSSR count). The van der Waals surface area contributed by atoms with E-state index in [1.165, 1.54) is 27.4 Å². The number of carbonyl (C=O) groups is 2. The Balaban J connectivity index is 1.77. The first-order valence-electron chi connectivity index (χ1n) is 10.5. The Bertz CT molecular complexity index is 1040. The van der Waals surface area contributed by atoms with Gasteiger partial charge in [-0.15, -0.1) is 0 Å². The van der Waals surface area contributed by atoms with Crippen LogP contribution in [0.3, 0.4) is 0 Å². The van der Waals surface area contributed by atoms with Crippen LogP contribution in [-0.4, -0.2) is 85.7 Å². The van der Waals surface area contributed by atoms with Crippen molar-refractivity contribution >= 4 is 12.0 Å². The van der Waals surface area contributed by atoms with Crippen LogP contribution in [-0.2, 0) is 16.1 Å². The first kappa shape index (κ1) is 23.9.